The van der Waals surface area contributed by atoms with Gasteiger partial charge in [-0.1, -0.05) is 6.07 Å². The second kappa shape index (κ2) is 7.65. The Kier molecular flexibility index (Phi) is 6.47. The number of halogens is 6. The number of benzene rings is 1. The molecule has 0 bridgehead atoms. The summed E-state index contributed by atoms with van der Waals surface area (Å²) in [7, 11) is 1.54. The van der Waals surface area contributed by atoms with Crippen LogP contribution < -0.4 is 5.32 Å². The fourth-order valence-corrected chi connectivity index (χ4v) is 1.83. The van der Waals surface area contributed by atoms with Gasteiger partial charge in [0.25, 0.3) is 6.43 Å². The standard InChI is InChI=1S/C13H15F6NO/c1-20-11(4-5-21-7-12(15)16)8-2-3-9(10(14)6-8)13(17,18)19/h2-3,6,11-12,20H,4-5,7H2,1H3. The normalized spacial score (nSPS) is 13.7. The summed E-state index contributed by atoms with van der Waals surface area (Å²) >= 11 is 0. The number of alkyl halides is 5. The molecule has 0 amide bonds. The van der Waals surface area contributed by atoms with Crippen molar-refractivity contribution in [2.24, 2.45) is 0 Å². The van der Waals surface area contributed by atoms with Gasteiger partial charge in [-0.05, 0) is 31.2 Å². The van der Waals surface area contributed by atoms with Gasteiger partial charge in [-0.25, -0.2) is 13.2 Å². The lowest BCUT2D eigenvalue weighted by Crippen LogP contribution is -2.20. The summed E-state index contributed by atoms with van der Waals surface area (Å²) in [6.45, 7) is -0.726. The van der Waals surface area contributed by atoms with E-state index in [1.807, 2.05) is 0 Å². The zero-order chi connectivity index (χ0) is 16.0. The summed E-state index contributed by atoms with van der Waals surface area (Å²) in [4.78, 5) is 0. The Labute approximate surface area is 118 Å². The van der Waals surface area contributed by atoms with E-state index in [0.717, 1.165) is 12.1 Å². The van der Waals surface area contributed by atoms with Gasteiger partial charge < -0.3 is 10.1 Å². The Bertz CT molecular complexity index is 449. The molecular formula is C13H15F6NO. The molecule has 0 fully saturated rings. The fraction of sp³-hybridized carbons (Fsp3) is 0.538. The van der Waals surface area contributed by atoms with Crippen LogP contribution in [-0.2, 0) is 10.9 Å². The number of ether oxygens (including phenoxy) is 1. The van der Waals surface area contributed by atoms with Crippen molar-refractivity contribution in [3.8, 4) is 0 Å². The molecule has 1 rings (SSSR count). The van der Waals surface area contributed by atoms with Gasteiger partial charge in [0.15, 0.2) is 0 Å². The molecule has 21 heavy (non-hydrogen) atoms. The molecule has 0 spiro atoms. The highest BCUT2D eigenvalue weighted by atomic mass is 19.4. The van der Waals surface area contributed by atoms with E-state index in [9.17, 15) is 26.3 Å². The molecule has 0 heterocycles. The van der Waals surface area contributed by atoms with Crippen LogP contribution in [0.1, 0.15) is 23.6 Å². The Hall–Kier alpha value is -1.28. The van der Waals surface area contributed by atoms with E-state index >= 15 is 0 Å². The number of hydrogen-bond acceptors (Lipinski definition) is 2. The maximum Gasteiger partial charge on any atom is 0.419 e. The molecule has 8 heteroatoms. The van der Waals surface area contributed by atoms with E-state index in [2.05, 4.69) is 5.32 Å². The molecule has 0 aliphatic rings. The maximum absolute atomic E-state index is 13.5. The van der Waals surface area contributed by atoms with Gasteiger partial charge in [0.1, 0.15) is 12.4 Å². The second-order valence-electron chi connectivity index (χ2n) is 4.33. The van der Waals surface area contributed by atoms with E-state index in [4.69, 9.17) is 4.74 Å². The average Bonchev–Trinajstić information content (AvgIpc) is 2.36. The van der Waals surface area contributed by atoms with Crippen molar-refractivity contribution in [2.75, 3.05) is 20.3 Å². The minimum Gasteiger partial charge on any atom is -0.375 e. The van der Waals surface area contributed by atoms with Gasteiger partial charge in [-0.15, -0.1) is 0 Å². The molecule has 1 N–H and O–H groups in total. The molecule has 0 aromatic heterocycles. The van der Waals surface area contributed by atoms with Crippen LogP contribution >= 0.6 is 0 Å². The molecule has 0 saturated heterocycles. The van der Waals surface area contributed by atoms with Crippen LogP contribution in [0.5, 0.6) is 0 Å². The van der Waals surface area contributed by atoms with Crippen molar-refractivity contribution < 1.29 is 31.1 Å². The van der Waals surface area contributed by atoms with Gasteiger partial charge in [-0.3, -0.25) is 0 Å². The molecule has 1 aromatic carbocycles. The first kappa shape index (κ1) is 17.8. The van der Waals surface area contributed by atoms with Crippen LogP contribution in [-0.4, -0.2) is 26.7 Å². The molecule has 0 radical (unpaired) electrons. The Balaban J connectivity index is 2.71. The van der Waals surface area contributed by atoms with Crippen molar-refractivity contribution >= 4 is 0 Å². The van der Waals surface area contributed by atoms with Gasteiger partial charge in [0.05, 0.1) is 5.56 Å². The Morgan fingerprint density at radius 1 is 1.24 bits per heavy atom. The van der Waals surface area contributed by atoms with Crippen LogP contribution in [0.4, 0.5) is 26.3 Å². The van der Waals surface area contributed by atoms with Crippen molar-refractivity contribution in [3.05, 3.63) is 35.1 Å². The molecule has 120 valence electrons. The molecule has 2 nitrogen and oxygen atoms in total. The highest BCUT2D eigenvalue weighted by molar-refractivity contribution is 5.28. The zero-order valence-electron chi connectivity index (χ0n) is 11.2. The lowest BCUT2D eigenvalue weighted by molar-refractivity contribution is -0.140. The van der Waals surface area contributed by atoms with Gasteiger partial charge in [0, 0.05) is 12.6 Å². The predicted molar refractivity (Wildman–Crippen MR) is 64.6 cm³/mol. The molecule has 0 saturated carbocycles. The minimum atomic E-state index is -4.75. The maximum atomic E-state index is 13.5. The Morgan fingerprint density at radius 3 is 2.38 bits per heavy atom. The predicted octanol–water partition coefficient (Wildman–Crippen LogP) is 3.78. The molecule has 1 unspecified atom stereocenters. The third-order valence-corrected chi connectivity index (χ3v) is 2.84. The van der Waals surface area contributed by atoms with Crippen molar-refractivity contribution in [2.45, 2.75) is 25.1 Å². The monoisotopic (exact) mass is 315 g/mol. The van der Waals surface area contributed by atoms with Crippen LogP contribution in [0.25, 0.3) is 0 Å². The largest absolute Gasteiger partial charge is 0.419 e. The molecule has 0 aliphatic heterocycles. The molecule has 1 aromatic rings. The molecule has 0 aliphatic carbocycles. The number of nitrogens with one attached hydrogen (secondary N) is 1. The van der Waals surface area contributed by atoms with E-state index in [-0.39, 0.29) is 13.0 Å². The third kappa shape index (κ3) is 5.55. The smallest absolute Gasteiger partial charge is 0.375 e. The second-order valence-corrected chi connectivity index (χ2v) is 4.33. The summed E-state index contributed by atoms with van der Waals surface area (Å²) in [6, 6.07) is 2.12. The van der Waals surface area contributed by atoms with E-state index in [1.165, 1.54) is 7.05 Å². The first-order chi connectivity index (χ1) is 9.75. The van der Waals surface area contributed by atoms with E-state index < -0.39 is 36.6 Å². The van der Waals surface area contributed by atoms with Gasteiger partial charge >= 0.3 is 6.18 Å². The molecule has 1 atom stereocenters. The summed E-state index contributed by atoms with van der Waals surface area (Å²) < 4.78 is 79.2. The Morgan fingerprint density at radius 2 is 1.90 bits per heavy atom. The minimum absolute atomic E-state index is 0.0154. The lowest BCUT2D eigenvalue weighted by atomic mass is 10.0. The first-order valence-corrected chi connectivity index (χ1v) is 6.15. The zero-order valence-corrected chi connectivity index (χ0v) is 11.2. The van der Waals surface area contributed by atoms with Crippen LogP contribution in [0, 0.1) is 5.82 Å². The number of rotatable bonds is 7. The van der Waals surface area contributed by atoms with E-state index in [1.54, 1.807) is 0 Å². The van der Waals surface area contributed by atoms with Crippen LogP contribution in [0.15, 0.2) is 18.2 Å². The average molecular weight is 315 g/mol. The molecular weight excluding hydrogens is 300 g/mol. The topological polar surface area (TPSA) is 21.3 Å². The summed E-state index contributed by atoms with van der Waals surface area (Å²) in [5.41, 5.74) is -1.04. The first-order valence-electron chi connectivity index (χ1n) is 6.15. The number of hydrogen-bond donors (Lipinski definition) is 1. The SMILES string of the molecule is CNC(CCOCC(F)F)c1ccc(C(F)(F)F)c(F)c1. The summed E-state index contributed by atoms with van der Waals surface area (Å²) in [6.07, 6.45) is -7.10. The van der Waals surface area contributed by atoms with Gasteiger partial charge in [-0.2, -0.15) is 13.2 Å². The lowest BCUT2D eigenvalue weighted by Gasteiger charge is -2.18. The third-order valence-electron chi connectivity index (χ3n) is 2.84. The highest BCUT2D eigenvalue weighted by Crippen LogP contribution is 2.32. The fourth-order valence-electron chi connectivity index (χ4n) is 1.83. The quantitative estimate of drug-likeness (QED) is 0.611. The van der Waals surface area contributed by atoms with Crippen LogP contribution in [0.2, 0.25) is 0 Å². The highest BCUT2D eigenvalue weighted by Gasteiger charge is 2.34. The van der Waals surface area contributed by atoms with Gasteiger partial charge in [0.2, 0.25) is 0 Å². The van der Waals surface area contributed by atoms with Crippen molar-refractivity contribution in [3.63, 3.8) is 0 Å². The van der Waals surface area contributed by atoms with Crippen LogP contribution in [0.3, 0.4) is 0 Å². The summed E-state index contributed by atoms with van der Waals surface area (Å²) in [5.74, 6) is -1.37. The van der Waals surface area contributed by atoms with E-state index in [0.29, 0.717) is 11.6 Å². The van der Waals surface area contributed by atoms with Crippen molar-refractivity contribution in [1.82, 2.24) is 5.32 Å². The van der Waals surface area contributed by atoms with Crippen molar-refractivity contribution in [1.29, 1.82) is 0 Å². The summed E-state index contributed by atoms with van der Waals surface area (Å²) in [5, 5.41) is 2.78.